The molecule has 0 bridgehead atoms. The van der Waals surface area contributed by atoms with E-state index in [2.05, 4.69) is 0 Å². The number of aryl methyl sites for hydroxylation is 1. The van der Waals surface area contributed by atoms with Crippen molar-refractivity contribution in [2.24, 2.45) is 0 Å². The van der Waals surface area contributed by atoms with Crippen LogP contribution in [-0.4, -0.2) is 49.0 Å². The molecule has 184 valence electrons. The Hall–Kier alpha value is -2.30. The van der Waals surface area contributed by atoms with Gasteiger partial charge < -0.3 is 10.0 Å². The summed E-state index contributed by atoms with van der Waals surface area (Å²) in [4.78, 5) is 13.4. The molecule has 1 N–H and O–H groups in total. The van der Waals surface area contributed by atoms with Gasteiger partial charge in [-0.1, -0.05) is 17.7 Å². The van der Waals surface area contributed by atoms with Gasteiger partial charge in [0, 0.05) is 30.9 Å². The van der Waals surface area contributed by atoms with Crippen LogP contribution in [-0.2, 0) is 27.4 Å². The van der Waals surface area contributed by atoms with E-state index in [1.807, 2.05) is 4.90 Å². The normalized spacial score (nSPS) is 23.7. The molecular formula is C23H24ClF3N2O4S. The number of carboxylic acid groups (broad SMARTS) is 1. The highest BCUT2D eigenvalue weighted by atomic mass is 35.5. The summed E-state index contributed by atoms with van der Waals surface area (Å²) in [5.74, 6) is -1.69. The van der Waals surface area contributed by atoms with Gasteiger partial charge in [0.25, 0.3) is 0 Å². The minimum absolute atomic E-state index is 0.0455. The van der Waals surface area contributed by atoms with Gasteiger partial charge in [-0.15, -0.1) is 0 Å². The molecule has 0 aromatic heterocycles. The number of sulfonamides is 1. The Labute approximate surface area is 201 Å². The molecule has 1 heterocycles. The van der Waals surface area contributed by atoms with Crippen molar-refractivity contribution < 1.29 is 31.5 Å². The lowest BCUT2D eigenvalue weighted by molar-refractivity contribution is -0.139. The summed E-state index contributed by atoms with van der Waals surface area (Å²) in [6.07, 6.45) is -3.53. The Kier molecular flexibility index (Phi) is 6.37. The van der Waals surface area contributed by atoms with Crippen LogP contribution in [0.15, 0.2) is 41.3 Å². The number of hydrogen-bond donors (Lipinski definition) is 1. The Bertz CT molecular complexity index is 1220. The number of carboxylic acids is 1. The average Bonchev–Trinajstić information content (AvgIpc) is 3.15. The number of alkyl halides is 3. The molecule has 1 saturated heterocycles. The molecular weight excluding hydrogens is 493 g/mol. The number of carbonyl (C=O) groups is 1. The van der Waals surface area contributed by atoms with Crippen molar-refractivity contribution in [3.8, 4) is 0 Å². The Morgan fingerprint density at radius 3 is 2.29 bits per heavy atom. The Morgan fingerprint density at radius 2 is 1.74 bits per heavy atom. The number of halogens is 4. The maximum absolute atomic E-state index is 13.6. The highest BCUT2D eigenvalue weighted by Gasteiger charge is 2.40. The molecule has 0 spiro atoms. The van der Waals surface area contributed by atoms with Crippen molar-refractivity contribution in [3.63, 3.8) is 0 Å². The van der Waals surface area contributed by atoms with Crippen LogP contribution < -0.4 is 4.90 Å². The van der Waals surface area contributed by atoms with E-state index in [0.717, 1.165) is 11.6 Å². The maximum atomic E-state index is 13.6. The molecule has 1 fully saturated rings. The van der Waals surface area contributed by atoms with Crippen LogP contribution in [0.4, 0.5) is 18.9 Å². The van der Waals surface area contributed by atoms with Crippen molar-refractivity contribution in [2.75, 3.05) is 18.0 Å². The van der Waals surface area contributed by atoms with Gasteiger partial charge in [0.15, 0.2) is 0 Å². The van der Waals surface area contributed by atoms with Crippen LogP contribution in [0.3, 0.4) is 0 Å². The second-order valence-electron chi connectivity index (χ2n) is 8.89. The first-order valence-electron chi connectivity index (χ1n) is 10.8. The standard InChI is InChI=1S/C23H24ClF3N2O4S/c1-13-11-28(16-5-8-20(21(24)9-16)23(25,26)27)12-14(2)29(13)34(32,33)17-6-3-15-4-7-18(22(30)31)19(15)10-17/h3,5-6,8-10,13-14,18H,4,7,11-12H2,1-2H3,(H,30,31)/t13-,14?,18?/m1/s1. The van der Waals surface area contributed by atoms with Crippen molar-refractivity contribution >= 4 is 33.3 Å². The molecule has 1 aliphatic carbocycles. The van der Waals surface area contributed by atoms with Crippen LogP contribution in [0.25, 0.3) is 0 Å². The zero-order valence-corrected chi connectivity index (χ0v) is 20.1. The number of hydrogen-bond acceptors (Lipinski definition) is 4. The molecule has 2 aromatic carbocycles. The summed E-state index contributed by atoms with van der Waals surface area (Å²) < 4.78 is 67.6. The number of aliphatic carboxylic acids is 1. The van der Waals surface area contributed by atoms with Crippen molar-refractivity contribution in [1.82, 2.24) is 4.31 Å². The van der Waals surface area contributed by atoms with E-state index in [1.54, 1.807) is 19.9 Å². The van der Waals surface area contributed by atoms with E-state index in [0.29, 0.717) is 24.1 Å². The molecule has 1 aliphatic heterocycles. The van der Waals surface area contributed by atoms with E-state index in [-0.39, 0.29) is 18.0 Å². The minimum Gasteiger partial charge on any atom is -0.481 e. The molecule has 2 unspecified atom stereocenters. The van der Waals surface area contributed by atoms with Gasteiger partial charge in [0.1, 0.15) is 0 Å². The van der Waals surface area contributed by atoms with Crippen LogP contribution in [0.1, 0.15) is 42.9 Å². The molecule has 6 nitrogen and oxygen atoms in total. The van der Waals surface area contributed by atoms with Crippen LogP contribution in [0.2, 0.25) is 5.02 Å². The van der Waals surface area contributed by atoms with Gasteiger partial charge in [-0.25, -0.2) is 8.42 Å². The van der Waals surface area contributed by atoms with Crippen molar-refractivity contribution in [2.45, 2.75) is 55.8 Å². The molecule has 34 heavy (non-hydrogen) atoms. The first-order chi connectivity index (χ1) is 15.8. The zero-order valence-electron chi connectivity index (χ0n) is 18.5. The molecule has 0 radical (unpaired) electrons. The fourth-order valence-electron chi connectivity index (χ4n) is 5.04. The summed E-state index contributed by atoms with van der Waals surface area (Å²) in [5.41, 5.74) is 0.940. The molecule has 2 aliphatic rings. The second-order valence-corrected chi connectivity index (χ2v) is 11.1. The topological polar surface area (TPSA) is 77.9 Å². The third-order valence-electron chi connectivity index (χ3n) is 6.53. The van der Waals surface area contributed by atoms with E-state index in [4.69, 9.17) is 11.6 Å². The maximum Gasteiger partial charge on any atom is 0.417 e. The monoisotopic (exact) mass is 516 g/mol. The number of rotatable bonds is 4. The predicted octanol–water partition coefficient (Wildman–Crippen LogP) is 4.76. The summed E-state index contributed by atoms with van der Waals surface area (Å²) in [6, 6.07) is 7.21. The molecule has 0 amide bonds. The largest absolute Gasteiger partial charge is 0.481 e. The second kappa shape index (κ2) is 8.73. The number of benzene rings is 2. The molecule has 2 aromatic rings. The third kappa shape index (κ3) is 4.38. The van der Waals surface area contributed by atoms with E-state index in [1.165, 1.54) is 28.6 Å². The lowest BCUT2D eigenvalue weighted by atomic mass is 10.0. The first kappa shape index (κ1) is 24.8. The Balaban J connectivity index is 1.59. The van der Waals surface area contributed by atoms with Gasteiger partial charge in [0.05, 0.1) is 21.4 Å². The van der Waals surface area contributed by atoms with Crippen molar-refractivity contribution in [1.29, 1.82) is 0 Å². The third-order valence-corrected chi connectivity index (χ3v) is 8.97. The summed E-state index contributed by atoms with van der Waals surface area (Å²) in [6.45, 7) is 3.99. The average molecular weight is 517 g/mol. The van der Waals surface area contributed by atoms with Gasteiger partial charge in [-0.05, 0) is 68.1 Å². The molecule has 0 saturated carbocycles. The highest BCUT2D eigenvalue weighted by molar-refractivity contribution is 7.89. The number of piperazine rings is 1. The predicted molar refractivity (Wildman–Crippen MR) is 122 cm³/mol. The molecule has 3 atom stereocenters. The summed E-state index contributed by atoms with van der Waals surface area (Å²) >= 11 is 5.87. The fourth-order valence-corrected chi connectivity index (χ4v) is 7.16. The minimum atomic E-state index is -4.56. The lowest BCUT2D eigenvalue weighted by Crippen LogP contribution is -2.58. The summed E-state index contributed by atoms with van der Waals surface area (Å²) in [5, 5.41) is 9.06. The number of anilines is 1. The van der Waals surface area contributed by atoms with Crippen LogP contribution in [0.5, 0.6) is 0 Å². The van der Waals surface area contributed by atoms with Gasteiger partial charge >= 0.3 is 12.1 Å². The Morgan fingerprint density at radius 1 is 1.09 bits per heavy atom. The zero-order chi connectivity index (χ0) is 25.0. The number of nitrogens with zero attached hydrogens (tertiary/aromatic N) is 2. The van der Waals surface area contributed by atoms with E-state index in [9.17, 15) is 31.5 Å². The SMILES string of the molecule is CC1CN(c2ccc(C(F)(F)F)c(Cl)c2)C[C@@H](C)N1S(=O)(=O)c1ccc2c(c1)C(C(=O)O)CC2. The lowest BCUT2D eigenvalue weighted by Gasteiger charge is -2.44. The van der Waals surface area contributed by atoms with Gasteiger partial charge in [0.2, 0.25) is 10.0 Å². The van der Waals surface area contributed by atoms with Gasteiger partial charge in [-0.2, -0.15) is 17.5 Å². The fraction of sp³-hybridized carbons (Fsp3) is 0.435. The molecule has 11 heteroatoms. The number of fused-ring (bicyclic) bond motifs is 1. The van der Waals surface area contributed by atoms with Crippen LogP contribution >= 0.6 is 11.6 Å². The smallest absolute Gasteiger partial charge is 0.417 e. The van der Waals surface area contributed by atoms with E-state index >= 15 is 0 Å². The van der Waals surface area contributed by atoms with Crippen molar-refractivity contribution in [3.05, 3.63) is 58.1 Å². The quantitative estimate of drug-likeness (QED) is 0.634. The molecule has 4 rings (SSSR count). The highest BCUT2D eigenvalue weighted by Crippen LogP contribution is 2.39. The van der Waals surface area contributed by atoms with E-state index < -0.39 is 50.8 Å². The van der Waals surface area contributed by atoms with Crippen LogP contribution in [0, 0.1) is 0 Å². The summed E-state index contributed by atoms with van der Waals surface area (Å²) in [7, 11) is -3.93. The van der Waals surface area contributed by atoms with Gasteiger partial charge in [-0.3, -0.25) is 4.79 Å². The first-order valence-corrected chi connectivity index (χ1v) is 12.6.